The maximum absolute atomic E-state index is 5.36. The van der Waals surface area contributed by atoms with Crippen LogP contribution in [0.25, 0.3) is 0 Å². The molecule has 2 nitrogen and oxygen atoms in total. The number of hydrogen-bond acceptors (Lipinski definition) is 2. The van der Waals surface area contributed by atoms with Crippen LogP contribution in [0.15, 0.2) is 0 Å². The molecule has 1 saturated carbocycles. The first kappa shape index (κ1) is 9.01. The molecule has 3 N–H and O–H groups in total. The molecule has 0 atom stereocenters. The molecule has 0 aromatic heterocycles. The van der Waals surface area contributed by atoms with Crippen molar-refractivity contribution in [1.82, 2.24) is 5.32 Å². The molecule has 1 fully saturated rings. The zero-order chi connectivity index (χ0) is 7.94. The Bertz CT molecular complexity index is 87.6. The Balaban J connectivity index is 1.86. The predicted octanol–water partition coefficient (Wildman–Crippen LogP) is 1.11. The predicted molar refractivity (Wildman–Crippen MR) is 48.5 cm³/mol. The van der Waals surface area contributed by atoms with Crippen molar-refractivity contribution in [2.75, 3.05) is 19.6 Å². The molecule has 0 aromatic rings. The molecule has 0 spiro atoms. The van der Waals surface area contributed by atoms with Gasteiger partial charge in [0.05, 0.1) is 0 Å². The minimum atomic E-state index is 0.769. The Kier molecular flexibility index (Phi) is 4.55. The van der Waals surface area contributed by atoms with Crippen LogP contribution in [0.1, 0.15) is 32.1 Å². The van der Waals surface area contributed by atoms with E-state index in [1.54, 1.807) is 0 Å². The van der Waals surface area contributed by atoms with Gasteiger partial charge in [0.1, 0.15) is 0 Å². The first-order valence-electron chi connectivity index (χ1n) is 4.84. The molecule has 0 heterocycles. The molecule has 1 aliphatic carbocycles. The molecule has 1 rings (SSSR count). The van der Waals surface area contributed by atoms with Gasteiger partial charge in [-0.1, -0.05) is 25.7 Å². The maximum Gasteiger partial charge on any atom is 0.00745 e. The van der Waals surface area contributed by atoms with Gasteiger partial charge in [-0.2, -0.15) is 0 Å². The third-order valence-corrected chi connectivity index (χ3v) is 2.53. The third kappa shape index (κ3) is 3.73. The van der Waals surface area contributed by atoms with E-state index in [1.807, 2.05) is 0 Å². The van der Waals surface area contributed by atoms with Crippen LogP contribution in [0, 0.1) is 5.92 Å². The van der Waals surface area contributed by atoms with Gasteiger partial charge in [0, 0.05) is 13.1 Å². The fourth-order valence-corrected chi connectivity index (χ4v) is 1.83. The van der Waals surface area contributed by atoms with Crippen LogP contribution < -0.4 is 11.1 Å². The Hall–Kier alpha value is -0.0800. The van der Waals surface area contributed by atoms with Crippen molar-refractivity contribution in [3.05, 3.63) is 0 Å². The zero-order valence-corrected chi connectivity index (χ0v) is 7.31. The summed E-state index contributed by atoms with van der Waals surface area (Å²) in [5.74, 6) is 1.01. The summed E-state index contributed by atoms with van der Waals surface area (Å²) in [6, 6.07) is 0. The smallest absolute Gasteiger partial charge is 0.00745 e. The van der Waals surface area contributed by atoms with E-state index >= 15 is 0 Å². The maximum atomic E-state index is 5.36. The highest BCUT2D eigenvalue weighted by molar-refractivity contribution is 4.67. The molecule has 11 heavy (non-hydrogen) atoms. The Morgan fingerprint density at radius 1 is 1.18 bits per heavy atom. The number of hydrogen-bond donors (Lipinski definition) is 2. The molecular formula is C9H20N2. The molecule has 0 radical (unpaired) electrons. The highest BCUT2D eigenvalue weighted by Gasteiger charge is 2.13. The normalized spacial score (nSPS) is 19.4. The van der Waals surface area contributed by atoms with E-state index in [1.165, 1.54) is 38.6 Å². The summed E-state index contributed by atoms with van der Waals surface area (Å²) in [7, 11) is 0. The summed E-state index contributed by atoms with van der Waals surface area (Å²) >= 11 is 0. The SMILES string of the molecule is NCCNCCC1CCCC1. The molecule has 0 amide bonds. The standard InChI is InChI=1S/C9H20N2/c10-6-8-11-7-5-9-3-1-2-4-9/h9,11H,1-8,10H2. The summed E-state index contributed by atoms with van der Waals surface area (Å²) in [5.41, 5.74) is 5.36. The van der Waals surface area contributed by atoms with Crippen LogP contribution in [0.4, 0.5) is 0 Å². The molecule has 1 aliphatic rings. The lowest BCUT2D eigenvalue weighted by molar-refractivity contribution is 0.480. The minimum Gasteiger partial charge on any atom is -0.329 e. The van der Waals surface area contributed by atoms with Crippen LogP contribution in [0.5, 0.6) is 0 Å². The van der Waals surface area contributed by atoms with Crippen molar-refractivity contribution >= 4 is 0 Å². The summed E-state index contributed by atoms with van der Waals surface area (Å²) in [5, 5.41) is 3.34. The first-order valence-corrected chi connectivity index (χ1v) is 4.84. The molecule has 2 heteroatoms. The first-order chi connectivity index (χ1) is 5.43. The topological polar surface area (TPSA) is 38.0 Å². The van der Waals surface area contributed by atoms with Crippen molar-refractivity contribution in [2.45, 2.75) is 32.1 Å². The number of nitrogens with two attached hydrogens (primary N) is 1. The lowest BCUT2D eigenvalue weighted by Gasteiger charge is -2.08. The van der Waals surface area contributed by atoms with E-state index in [0.29, 0.717) is 0 Å². The van der Waals surface area contributed by atoms with Crippen molar-refractivity contribution in [3.8, 4) is 0 Å². The van der Waals surface area contributed by atoms with Crippen LogP contribution in [0.2, 0.25) is 0 Å². The zero-order valence-electron chi connectivity index (χ0n) is 7.31. The average Bonchev–Trinajstić information content (AvgIpc) is 2.50. The minimum absolute atomic E-state index is 0.769. The molecule has 0 aliphatic heterocycles. The van der Waals surface area contributed by atoms with Gasteiger partial charge >= 0.3 is 0 Å². The molecule has 66 valence electrons. The van der Waals surface area contributed by atoms with E-state index in [2.05, 4.69) is 5.32 Å². The molecule has 0 bridgehead atoms. The molecule has 0 saturated heterocycles. The second kappa shape index (κ2) is 5.56. The highest BCUT2D eigenvalue weighted by Crippen LogP contribution is 2.26. The fraction of sp³-hybridized carbons (Fsp3) is 1.00. The van der Waals surface area contributed by atoms with Gasteiger partial charge in [0.2, 0.25) is 0 Å². The van der Waals surface area contributed by atoms with Crippen LogP contribution in [0.3, 0.4) is 0 Å². The van der Waals surface area contributed by atoms with E-state index in [9.17, 15) is 0 Å². The Labute approximate surface area is 69.5 Å². The van der Waals surface area contributed by atoms with Gasteiger partial charge in [-0.25, -0.2) is 0 Å². The van der Waals surface area contributed by atoms with E-state index in [4.69, 9.17) is 5.73 Å². The summed E-state index contributed by atoms with van der Waals surface area (Å²) < 4.78 is 0. The second-order valence-electron chi connectivity index (χ2n) is 3.48. The van der Waals surface area contributed by atoms with Gasteiger partial charge in [0.15, 0.2) is 0 Å². The Morgan fingerprint density at radius 2 is 1.91 bits per heavy atom. The van der Waals surface area contributed by atoms with Gasteiger partial charge in [-0.3, -0.25) is 0 Å². The fourth-order valence-electron chi connectivity index (χ4n) is 1.83. The highest BCUT2D eigenvalue weighted by atomic mass is 14.9. The largest absolute Gasteiger partial charge is 0.329 e. The lowest BCUT2D eigenvalue weighted by Crippen LogP contribution is -2.24. The second-order valence-corrected chi connectivity index (χ2v) is 3.48. The van der Waals surface area contributed by atoms with E-state index in [0.717, 1.165) is 19.0 Å². The van der Waals surface area contributed by atoms with E-state index in [-0.39, 0.29) is 0 Å². The molecule has 0 aromatic carbocycles. The third-order valence-electron chi connectivity index (χ3n) is 2.53. The van der Waals surface area contributed by atoms with Crippen LogP contribution in [-0.4, -0.2) is 19.6 Å². The van der Waals surface area contributed by atoms with Gasteiger partial charge in [-0.15, -0.1) is 0 Å². The average molecular weight is 156 g/mol. The quantitative estimate of drug-likeness (QED) is 0.585. The summed E-state index contributed by atoms with van der Waals surface area (Å²) in [6.45, 7) is 2.92. The Morgan fingerprint density at radius 3 is 2.55 bits per heavy atom. The van der Waals surface area contributed by atoms with Crippen molar-refractivity contribution < 1.29 is 0 Å². The van der Waals surface area contributed by atoms with Crippen LogP contribution in [-0.2, 0) is 0 Å². The molecular weight excluding hydrogens is 136 g/mol. The van der Waals surface area contributed by atoms with E-state index < -0.39 is 0 Å². The summed E-state index contributed by atoms with van der Waals surface area (Å²) in [6.07, 6.45) is 7.21. The monoisotopic (exact) mass is 156 g/mol. The summed E-state index contributed by atoms with van der Waals surface area (Å²) in [4.78, 5) is 0. The van der Waals surface area contributed by atoms with Crippen molar-refractivity contribution in [2.24, 2.45) is 11.7 Å². The van der Waals surface area contributed by atoms with Gasteiger partial charge in [-0.05, 0) is 18.9 Å². The molecule has 0 unspecified atom stereocenters. The van der Waals surface area contributed by atoms with Crippen molar-refractivity contribution in [1.29, 1.82) is 0 Å². The number of rotatable bonds is 5. The van der Waals surface area contributed by atoms with Gasteiger partial charge < -0.3 is 11.1 Å². The lowest BCUT2D eigenvalue weighted by atomic mass is 10.0. The van der Waals surface area contributed by atoms with Crippen LogP contribution >= 0.6 is 0 Å². The van der Waals surface area contributed by atoms with Crippen molar-refractivity contribution in [3.63, 3.8) is 0 Å². The van der Waals surface area contributed by atoms with Gasteiger partial charge in [0.25, 0.3) is 0 Å². The number of nitrogens with one attached hydrogen (secondary N) is 1.